The summed E-state index contributed by atoms with van der Waals surface area (Å²) in [5, 5.41) is 8.44. The predicted molar refractivity (Wildman–Crippen MR) is 138 cm³/mol. The Morgan fingerprint density at radius 1 is 1.09 bits per heavy atom. The zero-order chi connectivity index (χ0) is 24.8. The van der Waals surface area contributed by atoms with Crippen LogP contribution in [0.15, 0.2) is 47.0 Å². The number of hydrogen-bond acceptors (Lipinski definition) is 6. The predicted octanol–water partition coefficient (Wildman–Crippen LogP) is 4.68. The van der Waals surface area contributed by atoms with Crippen LogP contribution in [-0.4, -0.2) is 58.6 Å². The summed E-state index contributed by atoms with van der Waals surface area (Å²) in [5.74, 6) is 1.19. The first-order chi connectivity index (χ1) is 16.9. The van der Waals surface area contributed by atoms with Crippen LogP contribution in [-0.2, 0) is 24.3 Å². The highest BCUT2D eigenvalue weighted by Crippen LogP contribution is 2.23. The number of benzene rings is 2. The van der Waals surface area contributed by atoms with Gasteiger partial charge in [-0.2, -0.15) is 4.98 Å². The van der Waals surface area contributed by atoms with Crippen molar-refractivity contribution >= 4 is 29.1 Å². The Morgan fingerprint density at radius 3 is 2.49 bits per heavy atom. The quantitative estimate of drug-likeness (QED) is 0.446. The lowest BCUT2D eigenvalue weighted by Gasteiger charge is -2.27. The van der Waals surface area contributed by atoms with Gasteiger partial charge in [0.1, 0.15) is 6.54 Å². The minimum atomic E-state index is -0.0332. The Balaban J connectivity index is 1.40. The summed E-state index contributed by atoms with van der Waals surface area (Å²) in [7, 11) is 0. The highest BCUT2D eigenvalue weighted by Gasteiger charge is 2.20. The average molecular weight is 516 g/mol. The van der Waals surface area contributed by atoms with Crippen molar-refractivity contribution in [3.05, 3.63) is 69.5 Å². The van der Waals surface area contributed by atoms with E-state index in [0.29, 0.717) is 34.2 Å². The van der Waals surface area contributed by atoms with Crippen LogP contribution in [0.1, 0.15) is 30.9 Å². The number of carbonyl (C=O) groups is 1. The van der Waals surface area contributed by atoms with E-state index in [1.807, 2.05) is 18.2 Å². The van der Waals surface area contributed by atoms with E-state index in [9.17, 15) is 4.79 Å². The van der Waals surface area contributed by atoms with Crippen LogP contribution in [0.2, 0.25) is 10.0 Å². The third-order valence-electron chi connectivity index (χ3n) is 5.90. The van der Waals surface area contributed by atoms with Crippen molar-refractivity contribution in [2.24, 2.45) is 5.92 Å². The molecular weight excluding hydrogens is 485 g/mol. The molecule has 1 aliphatic heterocycles. The molecule has 1 saturated heterocycles. The van der Waals surface area contributed by atoms with Gasteiger partial charge in [0.25, 0.3) is 0 Å². The van der Waals surface area contributed by atoms with Crippen LogP contribution in [0.5, 0.6) is 0 Å². The van der Waals surface area contributed by atoms with E-state index >= 15 is 0 Å². The van der Waals surface area contributed by atoms with Crippen LogP contribution >= 0.6 is 23.2 Å². The number of carbonyl (C=O) groups excluding carboxylic acids is 1. The van der Waals surface area contributed by atoms with Crippen LogP contribution in [0, 0.1) is 5.92 Å². The van der Waals surface area contributed by atoms with Crippen LogP contribution in [0.25, 0.3) is 11.4 Å². The summed E-state index contributed by atoms with van der Waals surface area (Å²) >= 11 is 12.1. The molecule has 9 heteroatoms. The van der Waals surface area contributed by atoms with Crippen molar-refractivity contribution in [3.63, 3.8) is 0 Å². The summed E-state index contributed by atoms with van der Waals surface area (Å²) in [6, 6.07) is 13.5. The Bertz CT molecular complexity index is 1130. The van der Waals surface area contributed by atoms with Crippen molar-refractivity contribution in [1.29, 1.82) is 0 Å². The molecule has 0 spiro atoms. The third kappa shape index (κ3) is 7.27. The smallest absolute Gasteiger partial charge is 0.246 e. The molecule has 1 N–H and O–H groups in total. The van der Waals surface area contributed by atoms with E-state index in [0.717, 1.165) is 43.9 Å². The van der Waals surface area contributed by atoms with Gasteiger partial charge in [-0.15, -0.1) is 0 Å². The van der Waals surface area contributed by atoms with E-state index in [1.54, 1.807) is 17.0 Å². The van der Waals surface area contributed by atoms with Gasteiger partial charge < -0.3 is 14.7 Å². The SMILES string of the molecule is CC(C)CN(Cc1nc(-c2ccc(CN3CCNCC3)cc2)no1)C(=O)Cc1ccc(Cl)c(Cl)c1. The molecule has 0 bridgehead atoms. The molecule has 1 fully saturated rings. The number of aromatic nitrogens is 2. The summed E-state index contributed by atoms with van der Waals surface area (Å²) < 4.78 is 5.51. The van der Waals surface area contributed by atoms with Crippen molar-refractivity contribution in [2.45, 2.75) is 33.4 Å². The first kappa shape index (κ1) is 25.6. The fourth-order valence-corrected chi connectivity index (χ4v) is 4.44. The second kappa shape index (κ2) is 12.0. The fraction of sp³-hybridized carbons (Fsp3) is 0.423. The Hall–Kier alpha value is -2.45. The first-order valence-corrected chi connectivity index (χ1v) is 12.7. The van der Waals surface area contributed by atoms with Crippen molar-refractivity contribution in [2.75, 3.05) is 32.7 Å². The number of nitrogens with one attached hydrogen (secondary N) is 1. The maximum absolute atomic E-state index is 13.1. The zero-order valence-corrected chi connectivity index (χ0v) is 21.6. The maximum atomic E-state index is 13.1. The third-order valence-corrected chi connectivity index (χ3v) is 6.64. The topological polar surface area (TPSA) is 74.5 Å². The molecule has 1 amide bonds. The lowest BCUT2D eigenvalue weighted by atomic mass is 10.1. The molecule has 35 heavy (non-hydrogen) atoms. The van der Waals surface area contributed by atoms with Gasteiger partial charge in [0.15, 0.2) is 0 Å². The van der Waals surface area contributed by atoms with Gasteiger partial charge in [-0.1, -0.05) is 72.5 Å². The number of piperazine rings is 1. The minimum absolute atomic E-state index is 0.0332. The van der Waals surface area contributed by atoms with Gasteiger partial charge in [0.05, 0.1) is 16.5 Å². The lowest BCUT2D eigenvalue weighted by Crippen LogP contribution is -2.42. The first-order valence-electron chi connectivity index (χ1n) is 11.9. The van der Waals surface area contributed by atoms with Crippen molar-refractivity contribution in [1.82, 2.24) is 25.3 Å². The Morgan fingerprint density at radius 2 is 1.80 bits per heavy atom. The lowest BCUT2D eigenvalue weighted by molar-refractivity contribution is -0.132. The largest absolute Gasteiger partial charge is 0.337 e. The maximum Gasteiger partial charge on any atom is 0.246 e. The van der Waals surface area contributed by atoms with Crippen LogP contribution < -0.4 is 5.32 Å². The summed E-state index contributed by atoms with van der Waals surface area (Å²) in [5.41, 5.74) is 2.96. The molecule has 0 unspecified atom stereocenters. The zero-order valence-electron chi connectivity index (χ0n) is 20.1. The molecule has 0 aliphatic carbocycles. The molecule has 4 rings (SSSR count). The second-order valence-corrected chi connectivity index (χ2v) is 10.1. The van der Waals surface area contributed by atoms with E-state index in [4.69, 9.17) is 27.7 Å². The molecular formula is C26H31Cl2N5O2. The standard InChI is InChI=1S/C26H31Cl2N5O2/c1-18(2)15-33(25(34)14-20-5-8-22(27)23(28)13-20)17-24-30-26(31-35-24)21-6-3-19(4-7-21)16-32-11-9-29-10-12-32/h3-8,13,18,29H,9-12,14-17H2,1-2H3. The Labute approximate surface area is 216 Å². The average Bonchev–Trinajstić information content (AvgIpc) is 3.30. The van der Waals surface area contributed by atoms with Crippen molar-refractivity contribution < 1.29 is 9.32 Å². The number of amides is 1. The number of nitrogens with zero attached hydrogens (tertiary/aromatic N) is 4. The van der Waals surface area contributed by atoms with Gasteiger partial charge in [-0.25, -0.2) is 0 Å². The molecule has 3 aromatic rings. The summed E-state index contributed by atoms with van der Waals surface area (Å²) in [6.45, 7) is 10.1. The van der Waals surface area contributed by atoms with Crippen LogP contribution in [0.3, 0.4) is 0 Å². The number of halogens is 2. The normalized spacial score (nSPS) is 14.4. The molecule has 2 aromatic carbocycles. The van der Waals surface area contributed by atoms with E-state index < -0.39 is 0 Å². The number of rotatable bonds is 9. The second-order valence-electron chi connectivity index (χ2n) is 9.33. The monoisotopic (exact) mass is 515 g/mol. The van der Waals surface area contributed by atoms with E-state index in [-0.39, 0.29) is 18.9 Å². The van der Waals surface area contributed by atoms with Gasteiger partial charge in [0, 0.05) is 44.8 Å². The molecule has 1 aliphatic rings. The minimum Gasteiger partial charge on any atom is -0.337 e. The molecule has 186 valence electrons. The van der Waals surface area contributed by atoms with Crippen molar-refractivity contribution in [3.8, 4) is 11.4 Å². The van der Waals surface area contributed by atoms with Gasteiger partial charge in [-0.3, -0.25) is 9.69 Å². The van der Waals surface area contributed by atoms with Gasteiger partial charge >= 0.3 is 0 Å². The highest BCUT2D eigenvalue weighted by molar-refractivity contribution is 6.42. The fourth-order valence-electron chi connectivity index (χ4n) is 4.12. The molecule has 0 saturated carbocycles. The highest BCUT2D eigenvalue weighted by atomic mass is 35.5. The Kier molecular flexibility index (Phi) is 8.78. The van der Waals surface area contributed by atoms with Gasteiger partial charge in [-0.05, 0) is 29.2 Å². The molecule has 7 nitrogen and oxygen atoms in total. The molecule has 2 heterocycles. The molecule has 0 radical (unpaired) electrons. The van der Waals surface area contributed by atoms with Gasteiger partial charge in [0.2, 0.25) is 17.6 Å². The molecule has 1 aromatic heterocycles. The number of hydrogen-bond donors (Lipinski definition) is 1. The van der Waals surface area contributed by atoms with Crippen LogP contribution in [0.4, 0.5) is 0 Å². The van der Waals surface area contributed by atoms with E-state index in [2.05, 4.69) is 46.3 Å². The van der Waals surface area contributed by atoms with E-state index in [1.165, 1.54) is 5.56 Å². The summed E-state index contributed by atoms with van der Waals surface area (Å²) in [6.07, 6.45) is 0.221. The summed E-state index contributed by atoms with van der Waals surface area (Å²) in [4.78, 5) is 21.8. The molecule has 0 atom stereocenters.